The Balaban J connectivity index is 1.69. The Bertz CT molecular complexity index is 651. The Morgan fingerprint density at radius 2 is 1.87 bits per heavy atom. The van der Waals surface area contributed by atoms with Gasteiger partial charge in [0.1, 0.15) is 0 Å². The van der Waals surface area contributed by atoms with Crippen molar-refractivity contribution in [1.29, 1.82) is 5.26 Å². The first-order valence-electron chi connectivity index (χ1n) is 9.32. The first-order chi connectivity index (χ1) is 11.0. The zero-order valence-corrected chi connectivity index (χ0v) is 14.4. The molecule has 0 bridgehead atoms. The maximum Gasteiger partial charge on any atom is 0.155 e. The van der Waals surface area contributed by atoms with Crippen LogP contribution in [0.25, 0.3) is 0 Å². The number of hydrogen-bond donors (Lipinski definition) is 0. The summed E-state index contributed by atoms with van der Waals surface area (Å²) in [7, 11) is 0. The van der Waals surface area contributed by atoms with Crippen molar-refractivity contribution in [2.45, 2.75) is 65.2 Å². The average Bonchev–Trinajstić information content (AvgIpc) is 2.85. The average molecular weight is 309 g/mol. The molecule has 0 saturated heterocycles. The van der Waals surface area contributed by atoms with Gasteiger partial charge in [0.25, 0.3) is 0 Å². The summed E-state index contributed by atoms with van der Waals surface area (Å²) in [6, 6.07) is 2.29. The molecule has 0 heterocycles. The summed E-state index contributed by atoms with van der Waals surface area (Å²) < 4.78 is 0. The minimum Gasteiger partial charge on any atom is -0.295 e. The van der Waals surface area contributed by atoms with E-state index in [1.54, 1.807) is 0 Å². The Morgan fingerprint density at radius 3 is 2.65 bits per heavy atom. The summed E-state index contributed by atoms with van der Waals surface area (Å²) in [5, 5.41) is 9.12. The fourth-order valence-corrected chi connectivity index (χ4v) is 6.72. The molecule has 23 heavy (non-hydrogen) atoms. The minimum absolute atomic E-state index is 0.263. The molecule has 4 rings (SSSR count). The van der Waals surface area contributed by atoms with Gasteiger partial charge in [-0.1, -0.05) is 25.0 Å². The second kappa shape index (κ2) is 5.07. The Hall–Kier alpha value is -1.36. The number of nitrogens with zero attached hydrogens (tertiary/aromatic N) is 1. The van der Waals surface area contributed by atoms with Crippen molar-refractivity contribution < 1.29 is 4.79 Å². The first-order valence-corrected chi connectivity index (χ1v) is 9.32. The molecular weight excluding hydrogens is 282 g/mol. The molecule has 122 valence electrons. The Labute approximate surface area is 139 Å². The van der Waals surface area contributed by atoms with Crippen LogP contribution in [-0.2, 0) is 4.79 Å². The van der Waals surface area contributed by atoms with E-state index in [1.165, 1.54) is 36.8 Å². The predicted molar refractivity (Wildman–Crippen MR) is 90.4 cm³/mol. The van der Waals surface area contributed by atoms with Crippen molar-refractivity contribution in [3.8, 4) is 6.07 Å². The summed E-state index contributed by atoms with van der Waals surface area (Å²) >= 11 is 0. The van der Waals surface area contributed by atoms with Crippen LogP contribution in [0.2, 0.25) is 0 Å². The Morgan fingerprint density at radius 1 is 1.09 bits per heavy atom. The quantitative estimate of drug-likeness (QED) is 0.593. The van der Waals surface area contributed by atoms with Crippen LogP contribution < -0.4 is 0 Å². The standard InChI is InChI=1S/C21H27NO/c1-20-11-8-19-17(18(20)6-4-14(20)9-12-22)5-3-15-13-16(23)7-10-21(15,19)2/h9,13,17-19H,3-8,10-11H2,1-2H3/b14-9+. The topological polar surface area (TPSA) is 40.9 Å². The van der Waals surface area contributed by atoms with Crippen LogP contribution in [-0.4, -0.2) is 5.78 Å². The van der Waals surface area contributed by atoms with Gasteiger partial charge >= 0.3 is 0 Å². The van der Waals surface area contributed by atoms with Crippen LogP contribution in [0.5, 0.6) is 0 Å². The lowest BCUT2D eigenvalue weighted by molar-refractivity contribution is -0.117. The molecule has 0 aromatic carbocycles. The minimum atomic E-state index is 0.263. The molecule has 2 nitrogen and oxygen atoms in total. The molecule has 0 radical (unpaired) electrons. The molecular formula is C21H27NO. The molecule has 0 amide bonds. The van der Waals surface area contributed by atoms with Gasteiger partial charge in [-0.2, -0.15) is 5.26 Å². The zero-order chi connectivity index (χ0) is 16.2. The number of rotatable bonds is 0. The third-order valence-corrected chi connectivity index (χ3v) is 8.05. The largest absolute Gasteiger partial charge is 0.295 e. The molecule has 4 aliphatic rings. The summed E-state index contributed by atoms with van der Waals surface area (Å²) in [4.78, 5) is 11.9. The van der Waals surface area contributed by atoms with Gasteiger partial charge in [-0.05, 0) is 79.6 Å². The maximum atomic E-state index is 11.9. The van der Waals surface area contributed by atoms with Crippen molar-refractivity contribution in [2.75, 3.05) is 0 Å². The molecule has 5 atom stereocenters. The fourth-order valence-electron chi connectivity index (χ4n) is 6.72. The molecule has 0 aliphatic heterocycles. The molecule has 3 fully saturated rings. The number of hydrogen-bond acceptors (Lipinski definition) is 2. The van der Waals surface area contributed by atoms with E-state index in [2.05, 4.69) is 19.9 Å². The first kappa shape index (κ1) is 15.2. The van der Waals surface area contributed by atoms with Gasteiger partial charge in [0.2, 0.25) is 0 Å². The summed E-state index contributed by atoms with van der Waals surface area (Å²) in [5.74, 6) is 2.62. The summed E-state index contributed by atoms with van der Waals surface area (Å²) in [6.45, 7) is 4.86. The van der Waals surface area contributed by atoms with E-state index in [9.17, 15) is 4.79 Å². The molecule has 2 heteroatoms. The van der Waals surface area contributed by atoms with Gasteiger partial charge in [-0.15, -0.1) is 0 Å². The Kier molecular flexibility index (Phi) is 3.34. The number of carbonyl (C=O) groups is 1. The van der Waals surface area contributed by atoms with Crippen molar-refractivity contribution in [1.82, 2.24) is 0 Å². The molecule has 0 spiro atoms. The smallest absolute Gasteiger partial charge is 0.155 e. The van der Waals surface area contributed by atoms with E-state index in [0.717, 1.165) is 43.4 Å². The lowest BCUT2D eigenvalue weighted by atomic mass is 9.47. The number of carbonyl (C=O) groups excluding carboxylic acids is 1. The monoisotopic (exact) mass is 309 g/mol. The van der Waals surface area contributed by atoms with Crippen LogP contribution in [0, 0.1) is 39.9 Å². The van der Waals surface area contributed by atoms with Crippen molar-refractivity contribution >= 4 is 5.78 Å². The highest BCUT2D eigenvalue weighted by atomic mass is 16.1. The molecule has 3 saturated carbocycles. The van der Waals surface area contributed by atoms with Gasteiger partial charge in [-0.3, -0.25) is 4.79 Å². The predicted octanol–water partition coefficient (Wildman–Crippen LogP) is 4.97. The van der Waals surface area contributed by atoms with Gasteiger partial charge in [0, 0.05) is 12.5 Å². The van der Waals surface area contributed by atoms with E-state index in [4.69, 9.17) is 5.26 Å². The highest BCUT2D eigenvalue weighted by Gasteiger charge is 2.57. The van der Waals surface area contributed by atoms with Gasteiger partial charge in [-0.25, -0.2) is 0 Å². The van der Waals surface area contributed by atoms with Gasteiger partial charge in [0.15, 0.2) is 5.78 Å². The molecule has 5 unspecified atom stereocenters. The van der Waals surface area contributed by atoms with E-state index in [0.29, 0.717) is 5.78 Å². The molecule has 0 N–H and O–H groups in total. The third kappa shape index (κ3) is 2.02. The number of ketones is 1. The molecule has 0 aromatic heterocycles. The fraction of sp³-hybridized carbons (Fsp3) is 0.714. The van der Waals surface area contributed by atoms with E-state index >= 15 is 0 Å². The lowest BCUT2D eigenvalue weighted by Crippen LogP contribution is -2.49. The van der Waals surface area contributed by atoms with Crippen molar-refractivity contribution in [2.24, 2.45) is 28.6 Å². The van der Waals surface area contributed by atoms with E-state index < -0.39 is 0 Å². The highest BCUT2D eigenvalue weighted by molar-refractivity contribution is 5.91. The van der Waals surface area contributed by atoms with Crippen LogP contribution in [0.1, 0.15) is 65.2 Å². The second-order valence-corrected chi connectivity index (χ2v) is 8.76. The SMILES string of the molecule is CC12CCC(=O)C=C1CCC1C2CCC2(C)/C(=C/C#N)CCC12. The summed E-state index contributed by atoms with van der Waals surface area (Å²) in [6.07, 6.45) is 12.9. The van der Waals surface area contributed by atoms with Gasteiger partial charge < -0.3 is 0 Å². The number of allylic oxidation sites excluding steroid dienone is 3. The van der Waals surface area contributed by atoms with Crippen LogP contribution in [0.3, 0.4) is 0 Å². The number of fused-ring (bicyclic) bond motifs is 5. The number of nitriles is 1. The van der Waals surface area contributed by atoms with Crippen LogP contribution >= 0.6 is 0 Å². The maximum absolute atomic E-state index is 11.9. The highest BCUT2D eigenvalue weighted by Crippen LogP contribution is 2.66. The molecule has 0 aromatic rings. The third-order valence-electron chi connectivity index (χ3n) is 8.05. The van der Waals surface area contributed by atoms with Crippen LogP contribution in [0.4, 0.5) is 0 Å². The molecule has 4 aliphatic carbocycles. The zero-order valence-electron chi connectivity index (χ0n) is 14.4. The van der Waals surface area contributed by atoms with E-state index in [1.807, 2.05) is 12.2 Å². The second-order valence-electron chi connectivity index (χ2n) is 8.76. The van der Waals surface area contributed by atoms with Crippen molar-refractivity contribution in [3.63, 3.8) is 0 Å². The normalized spacial score (nSPS) is 47.3. The lowest BCUT2D eigenvalue weighted by Gasteiger charge is -2.57. The summed E-state index contributed by atoms with van der Waals surface area (Å²) in [5.41, 5.74) is 3.39. The van der Waals surface area contributed by atoms with Gasteiger partial charge in [0.05, 0.1) is 6.07 Å². The van der Waals surface area contributed by atoms with Crippen LogP contribution in [0.15, 0.2) is 23.3 Å². The van der Waals surface area contributed by atoms with E-state index in [-0.39, 0.29) is 10.8 Å². The van der Waals surface area contributed by atoms with Crippen molar-refractivity contribution in [3.05, 3.63) is 23.3 Å².